The fourth-order valence-electron chi connectivity index (χ4n) is 3.46. The molecule has 5 heteroatoms. The number of hydrogen-bond donors (Lipinski definition) is 1. The molecule has 1 aliphatic rings. The molecule has 5 nitrogen and oxygen atoms in total. The Morgan fingerprint density at radius 1 is 1.11 bits per heavy atom. The summed E-state index contributed by atoms with van der Waals surface area (Å²) >= 11 is 0. The first-order valence-corrected chi connectivity index (χ1v) is 9.55. The van der Waals surface area contributed by atoms with Crippen molar-refractivity contribution >= 4 is 11.6 Å². The van der Waals surface area contributed by atoms with E-state index in [-0.39, 0.29) is 5.91 Å². The molecule has 0 atom stereocenters. The molecule has 0 fully saturated rings. The molecule has 0 saturated heterocycles. The summed E-state index contributed by atoms with van der Waals surface area (Å²) in [4.78, 5) is 16.6. The number of aryl methyl sites for hydroxylation is 4. The van der Waals surface area contributed by atoms with Crippen LogP contribution in [0.3, 0.4) is 0 Å². The Morgan fingerprint density at radius 2 is 1.93 bits per heavy atom. The molecule has 1 aliphatic carbocycles. The van der Waals surface area contributed by atoms with Crippen LogP contribution in [0.1, 0.15) is 42.3 Å². The standard InChI is InChI=1S/C22H23N3O2/c1-2-15-6-8-17(9-7-15)22-24-21(27-25-22)13-12-20(26)23-19-11-10-16-4-3-5-18(16)14-19/h6-11,14H,2-5,12-13H2,1H3,(H,23,26). The third-order valence-corrected chi connectivity index (χ3v) is 5.04. The average molecular weight is 361 g/mol. The van der Waals surface area contributed by atoms with Crippen molar-refractivity contribution in [2.75, 3.05) is 5.32 Å². The number of carbonyl (C=O) groups is 1. The van der Waals surface area contributed by atoms with Crippen molar-refractivity contribution in [3.05, 3.63) is 65.0 Å². The Kier molecular flexibility index (Phi) is 5.01. The first-order chi connectivity index (χ1) is 13.2. The van der Waals surface area contributed by atoms with Crippen molar-refractivity contribution in [2.24, 2.45) is 0 Å². The normalized spacial score (nSPS) is 12.8. The molecule has 0 saturated carbocycles. The lowest BCUT2D eigenvalue weighted by atomic mass is 10.1. The molecular weight excluding hydrogens is 338 g/mol. The molecule has 0 unspecified atom stereocenters. The first-order valence-electron chi connectivity index (χ1n) is 9.55. The molecule has 4 rings (SSSR count). The van der Waals surface area contributed by atoms with Crippen molar-refractivity contribution in [2.45, 2.75) is 45.4 Å². The van der Waals surface area contributed by atoms with Gasteiger partial charge in [-0.1, -0.05) is 42.4 Å². The van der Waals surface area contributed by atoms with Crippen LogP contribution in [-0.2, 0) is 30.5 Å². The number of rotatable bonds is 6. The maximum Gasteiger partial charge on any atom is 0.227 e. The zero-order valence-corrected chi connectivity index (χ0v) is 15.5. The molecule has 27 heavy (non-hydrogen) atoms. The van der Waals surface area contributed by atoms with Gasteiger partial charge in [-0.15, -0.1) is 0 Å². The van der Waals surface area contributed by atoms with Gasteiger partial charge in [0, 0.05) is 24.1 Å². The van der Waals surface area contributed by atoms with E-state index in [2.05, 4.69) is 46.6 Å². The van der Waals surface area contributed by atoms with E-state index in [0.717, 1.165) is 30.5 Å². The molecule has 1 amide bonds. The quantitative estimate of drug-likeness (QED) is 0.708. The average Bonchev–Trinajstić information content (AvgIpc) is 3.35. The Bertz CT molecular complexity index is 944. The Labute approximate surface area is 158 Å². The highest BCUT2D eigenvalue weighted by Crippen LogP contribution is 2.25. The van der Waals surface area contributed by atoms with Crippen LogP contribution in [0.15, 0.2) is 47.0 Å². The molecule has 2 aromatic carbocycles. The molecule has 138 valence electrons. The number of nitrogens with zero attached hydrogens (tertiary/aromatic N) is 2. The van der Waals surface area contributed by atoms with Gasteiger partial charge in [0.05, 0.1) is 0 Å². The van der Waals surface area contributed by atoms with Gasteiger partial charge in [0.25, 0.3) is 0 Å². The van der Waals surface area contributed by atoms with Crippen molar-refractivity contribution in [1.82, 2.24) is 10.1 Å². The number of hydrogen-bond acceptors (Lipinski definition) is 4. The summed E-state index contributed by atoms with van der Waals surface area (Å²) in [5.41, 5.74) is 5.81. The summed E-state index contributed by atoms with van der Waals surface area (Å²) in [6, 6.07) is 14.3. The predicted octanol–water partition coefficient (Wildman–Crippen LogP) is 4.36. The Hall–Kier alpha value is -2.95. The van der Waals surface area contributed by atoms with Crippen LogP contribution in [0.4, 0.5) is 5.69 Å². The lowest BCUT2D eigenvalue weighted by molar-refractivity contribution is -0.116. The van der Waals surface area contributed by atoms with Gasteiger partial charge in [-0.05, 0) is 54.5 Å². The third kappa shape index (κ3) is 4.08. The summed E-state index contributed by atoms with van der Waals surface area (Å²) in [5, 5.41) is 6.99. The number of aromatic nitrogens is 2. The first kappa shape index (κ1) is 17.5. The molecule has 0 bridgehead atoms. The second-order valence-electron chi connectivity index (χ2n) is 6.95. The van der Waals surface area contributed by atoms with Crippen LogP contribution in [-0.4, -0.2) is 16.0 Å². The number of benzene rings is 2. The summed E-state index contributed by atoms with van der Waals surface area (Å²) < 4.78 is 5.30. The topological polar surface area (TPSA) is 68.0 Å². The van der Waals surface area contributed by atoms with Gasteiger partial charge in [0.2, 0.25) is 17.6 Å². The van der Waals surface area contributed by atoms with Gasteiger partial charge >= 0.3 is 0 Å². The van der Waals surface area contributed by atoms with Crippen LogP contribution < -0.4 is 5.32 Å². The summed E-state index contributed by atoms with van der Waals surface area (Å²) in [6.45, 7) is 2.12. The number of fused-ring (bicyclic) bond motifs is 1. The third-order valence-electron chi connectivity index (χ3n) is 5.04. The molecule has 0 aliphatic heterocycles. The van der Waals surface area contributed by atoms with Gasteiger partial charge in [-0.2, -0.15) is 4.98 Å². The van der Waals surface area contributed by atoms with Crippen LogP contribution in [0.25, 0.3) is 11.4 Å². The van der Waals surface area contributed by atoms with E-state index in [1.165, 1.54) is 23.1 Å². The van der Waals surface area contributed by atoms with Gasteiger partial charge in [0.1, 0.15) is 0 Å². The lowest BCUT2D eigenvalue weighted by Gasteiger charge is -2.06. The molecule has 0 spiro atoms. The summed E-state index contributed by atoms with van der Waals surface area (Å²) in [7, 11) is 0. The molecule has 1 N–H and O–H groups in total. The van der Waals surface area contributed by atoms with Crippen molar-refractivity contribution < 1.29 is 9.32 Å². The predicted molar refractivity (Wildman–Crippen MR) is 105 cm³/mol. The zero-order chi connectivity index (χ0) is 18.6. The monoisotopic (exact) mass is 361 g/mol. The second-order valence-corrected chi connectivity index (χ2v) is 6.95. The van der Waals surface area contributed by atoms with E-state index in [0.29, 0.717) is 24.6 Å². The number of nitrogens with one attached hydrogen (secondary N) is 1. The van der Waals surface area contributed by atoms with Gasteiger partial charge in [-0.3, -0.25) is 4.79 Å². The van der Waals surface area contributed by atoms with Crippen molar-refractivity contribution in [3.8, 4) is 11.4 Å². The maximum absolute atomic E-state index is 12.2. The van der Waals surface area contributed by atoms with E-state index in [9.17, 15) is 4.79 Å². The fourth-order valence-corrected chi connectivity index (χ4v) is 3.46. The molecular formula is C22H23N3O2. The van der Waals surface area contributed by atoms with Crippen molar-refractivity contribution in [3.63, 3.8) is 0 Å². The van der Waals surface area contributed by atoms with Crippen molar-refractivity contribution in [1.29, 1.82) is 0 Å². The van der Waals surface area contributed by atoms with E-state index in [1.54, 1.807) is 0 Å². The number of amides is 1. The largest absolute Gasteiger partial charge is 0.339 e. The minimum Gasteiger partial charge on any atom is -0.339 e. The molecule has 1 heterocycles. The van der Waals surface area contributed by atoms with Crippen LogP contribution in [0, 0.1) is 0 Å². The highest BCUT2D eigenvalue weighted by Gasteiger charge is 2.13. The minimum absolute atomic E-state index is 0.0417. The summed E-state index contributed by atoms with van der Waals surface area (Å²) in [5.74, 6) is 1.00. The van der Waals surface area contributed by atoms with Crippen LogP contribution >= 0.6 is 0 Å². The van der Waals surface area contributed by atoms with E-state index in [1.807, 2.05) is 18.2 Å². The smallest absolute Gasteiger partial charge is 0.227 e. The van der Waals surface area contributed by atoms with Crippen LogP contribution in [0.5, 0.6) is 0 Å². The molecule has 1 aromatic heterocycles. The van der Waals surface area contributed by atoms with Gasteiger partial charge in [0.15, 0.2) is 0 Å². The number of anilines is 1. The SMILES string of the molecule is CCc1ccc(-c2noc(CCC(=O)Nc3ccc4c(c3)CCC4)n2)cc1. The van der Waals surface area contributed by atoms with E-state index >= 15 is 0 Å². The minimum atomic E-state index is -0.0417. The zero-order valence-electron chi connectivity index (χ0n) is 15.5. The highest BCUT2D eigenvalue weighted by molar-refractivity contribution is 5.90. The molecule has 0 radical (unpaired) electrons. The Balaban J connectivity index is 1.33. The lowest BCUT2D eigenvalue weighted by Crippen LogP contribution is -2.12. The fraction of sp³-hybridized carbons (Fsp3) is 0.318. The van der Waals surface area contributed by atoms with Crippen LogP contribution in [0.2, 0.25) is 0 Å². The molecule has 3 aromatic rings. The van der Waals surface area contributed by atoms with E-state index in [4.69, 9.17) is 4.52 Å². The van der Waals surface area contributed by atoms with Gasteiger partial charge < -0.3 is 9.84 Å². The Morgan fingerprint density at radius 3 is 2.74 bits per heavy atom. The highest BCUT2D eigenvalue weighted by atomic mass is 16.5. The number of carbonyl (C=O) groups excluding carboxylic acids is 1. The summed E-state index contributed by atoms with van der Waals surface area (Å²) in [6.07, 6.45) is 5.18. The van der Waals surface area contributed by atoms with Gasteiger partial charge in [-0.25, -0.2) is 0 Å². The van der Waals surface area contributed by atoms with E-state index < -0.39 is 0 Å². The maximum atomic E-state index is 12.2. The second kappa shape index (κ2) is 7.74.